The summed E-state index contributed by atoms with van der Waals surface area (Å²) in [5.74, 6) is 1.19. The Morgan fingerprint density at radius 2 is 2.04 bits per heavy atom. The van der Waals surface area contributed by atoms with E-state index >= 15 is 0 Å². The van der Waals surface area contributed by atoms with Crippen LogP contribution in [-0.2, 0) is 4.74 Å². The van der Waals surface area contributed by atoms with Crippen molar-refractivity contribution in [1.82, 2.24) is 9.80 Å². The number of benzene rings is 1. The second kappa shape index (κ2) is 8.31. The molecular formula is C18H28N2O3. The van der Waals surface area contributed by atoms with Crippen molar-refractivity contribution in [3.63, 3.8) is 0 Å². The molecule has 1 aromatic carbocycles. The molecule has 0 radical (unpaired) electrons. The highest BCUT2D eigenvalue weighted by atomic mass is 16.5. The topological polar surface area (TPSA) is 42.0 Å². The number of hydrogen-bond donors (Lipinski definition) is 0. The Labute approximate surface area is 139 Å². The van der Waals surface area contributed by atoms with Gasteiger partial charge in [0.05, 0.1) is 20.3 Å². The minimum atomic E-state index is 0.0699. The quantitative estimate of drug-likeness (QED) is 0.833. The van der Waals surface area contributed by atoms with Crippen molar-refractivity contribution in [3.8, 4) is 5.75 Å². The third-order valence-electron chi connectivity index (χ3n) is 4.53. The van der Waals surface area contributed by atoms with Gasteiger partial charge >= 0.3 is 0 Å². The molecule has 0 spiro atoms. The molecule has 0 bridgehead atoms. The van der Waals surface area contributed by atoms with Gasteiger partial charge in [0.25, 0.3) is 5.91 Å². The predicted octanol–water partition coefficient (Wildman–Crippen LogP) is 2.12. The summed E-state index contributed by atoms with van der Waals surface area (Å²) in [7, 11) is 5.77. The van der Waals surface area contributed by atoms with Crippen molar-refractivity contribution in [2.45, 2.75) is 19.4 Å². The summed E-state index contributed by atoms with van der Waals surface area (Å²) in [6.07, 6.45) is 1.03. The Balaban J connectivity index is 2.09. The average molecular weight is 320 g/mol. The molecule has 0 aliphatic carbocycles. The normalized spacial score (nSPS) is 22.0. The van der Waals surface area contributed by atoms with Gasteiger partial charge in [-0.25, -0.2) is 0 Å². The Morgan fingerprint density at radius 3 is 2.65 bits per heavy atom. The van der Waals surface area contributed by atoms with E-state index in [1.807, 2.05) is 29.2 Å². The van der Waals surface area contributed by atoms with Gasteiger partial charge in [0.1, 0.15) is 5.75 Å². The molecule has 5 heteroatoms. The van der Waals surface area contributed by atoms with Gasteiger partial charge in [-0.3, -0.25) is 4.79 Å². The number of rotatable bonds is 5. The van der Waals surface area contributed by atoms with Crippen molar-refractivity contribution in [2.75, 3.05) is 47.5 Å². The van der Waals surface area contributed by atoms with Gasteiger partial charge in [0.2, 0.25) is 0 Å². The molecule has 1 aromatic rings. The van der Waals surface area contributed by atoms with E-state index in [1.165, 1.54) is 0 Å². The van der Waals surface area contributed by atoms with Crippen LogP contribution in [0.15, 0.2) is 24.3 Å². The maximum Gasteiger partial charge on any atom is 0.254 e. The van der Waals surface area contributed by atoms with Crippen LogP contribution >= 0.6 is 0 Å². The van der Waals surface area contributed by atoms with Gasteiger partial charge in [0, 0.05) is 24.1 Å². The summed E-state index contributed by atoms with van der Waals surface area (Å²) in [6, 6.07) is 7.49. The van der Waals surface area contributed by atoms with Gasteiger partial charge in [-0.2, -0.15) is 0 Å². The number of carbonyl (C=O) groups excluding carboxylic acids is 1. The first-order valence-corrected chi connectivity index (χ1v) is 8.20. The minimum absolute atomic E-state index is 0.0699. The van der Waals surface area contributed by atoms with E-state index in [2.05, 4.69) is 25.9 Å². The molecule has 0 unspecified atom stereocenters. The molecule has 1 amide bonds. The van der Waals surface area contributed by atoms with Crippen LogP contribution in [0, 0.1) is 5.92 Å². The Hall–Kier alpha value is -1.59. The predicted molar refractivity (Wildman–Crippen MR) is 91.0 cm³/mol. The molecule has 1 heterocycles. The van der Waals surface area contributed by atoms with E-state index in [9.17, 15) is 4.79 Å². The SMILES string of the molecule is COc1ccc(C(=O)N2CCOC[C@@H](CCN(C)C)[C@@H]2C)cc1. The molecule has 0 aromatic heterocycles. The lowest BCUT2D eigenvalue weighted by atomic mass is 9.96. The Morgan fingerprint density at radius 1 is 1.35 bits per heavy atom. The first-order valence-electron chi connectivity index (χ1n) is 8.20. The lowest BCUT2D eigenvalue weighted by Crippen LogP contribution is -2.43. The molecule has 2 atom stereocenters. The molecule has 128 valence electrons. The highest BCUT2D eigenvalue weighted by Gasteiger charge is 2.30. The zero-order valence-electron chi connectivity index (χ0n) is 14.6. The summed E-state index contributed by atoms with van der Waals surface area (Å²) in [6.45, 7) is 5.11. The second-order valence-electron chi connectivity index (χ2n) is 6.39. The molecule has 1 aliphatic heterocycles. The number of hydrogen-bond acceptors (Lipinski definition) is 4. The van der Waals surface area contributed by atoms with Crippen molar-refractivity contribution in [1.29, 1.82) is 0 Å². The van der Waals surface area contributed by atoms with Crippen LogP contribution in [0.25, 0.3) is 0 Å². The summed E-state index contributed by atoms with van der Waals surface area (Å²) >= 11 is 0. The van der Waals surface area contributed by atoms with E-state index in [4.69, 9.17) is 9.47 Å². The molecule has 23 heavy (non-hydrogen) atoms. The fourth-order valence-corrected chi connectivity index (χ4v) is 2.93. The van der Waals surface area contributed by atoms with Crippen molar-refractivity contribution in [2.24, 2.45) is 5.92 Å². The fraction of sp³-hybridized carbons (Fsp3) is 0.611. The number of nitrogens with zero attached hydrogens (tertiary/aromatic N) is 2. The Bertz CT molecular complexity index is 501. The van der Waals surface area contributed by atoms with E-state index in [0.717, 1.165) is 25.3 Å². The lowest BCUT2D eigenvalue weighted by Gasteiger charge is -2.32. The molecule has 1 saturated heterocycles. The first-order chi connectivity index (χ1) is 11.0. The summed E-state index contributed by atoms with van der Waals surface area (Å²) in [5, 5.41) is 0. The summed E-state index contributed by atoms with van der Waals surface area (Å²) in [5.41, 5.74) is 0.700. The van der Waals surface area contributed by atoms with Crippen LogP contribution in [0.5, 0.6) is 5.75 Å². The maximum absolute atomic E-state index is 12.9. The average Bonchev–Trinajstić information content (AvgIpc) is 2.74. The van der Waals surface area contributed by atoms with Gasteiger partial charge in [-0.05, 0) is 58.3 Å². The van der Waals surface area contributed by atoms with Gasteiger partial charge in [0.15, 0.2) is 0 Å². The van der Waals surface area contributed by atoms with Crippen molar-refractivity contribution >= 4 is 5.91 Å². The number of methoxy groups -OCH3 is 1. The fourth-order valence-electron chi connectivity index (χ4n) is 2.93. The molecule has 0 N–H and O–H groups in total. The minimum Gasteiger partial charge on any atom is -0.497 e. The zero-order chi connectivity index (χ0) is 16.8. The third-order valence-corrected chi connectivity index (χ3v) is 4.53. The van der Waals surface area contributed by atoms with Gasteiger partial charge < -0.3 is 19.3 Å². The largest absolute Gasteiger partial charge is 0.497 e. The van der Waals surface area contributed by atoms with Crippen LogP contribution in [0.1, 0.15) is 23.7 Å². The van der Waals surface area contributed by atoms with Crippen LogP contribution < -0.4 is 4.74 Å². The monoisotopic (exact) mass is 320 g/mol. The molecular weight excluding hydrogens is 292 g/mol. The Kier molecular flexibility index (Phi) is 6.42. The number of ether oxygens (including phenoxy) is 2. The van der Waals surface area contributed by atoms with E-state index in [1.54, 1.807) is 7.11 Å². The van der Waals surface area contributed by atoms with Crippen LogP contribution in [-0.4, -0.2) is 69.3 Å². The second-order valence-corrected chi connectivity index (χ2v) is 6.39. The van der Waals surface area contributed by atoms with Crippen LogP contribution in [0.3, 0.4) is 0 Å². The molecule has 1 fully saturated rings. The summed E-state index contributed by atoms with van der Waals surface area (Å²) in [4.78, 5) is 17.0. The van der Waals surface area contributed by atoms with Crippen LogP contribution in [0.4, 0.5) is 0 Å². The van der Waals surface area contributed by atoms with Crippen molar-refractivity contribution in [3.05, 3.63) is 29.8 Å². The van der Waals surface area contributed by atoms with E-state index in [0.29, 0.717) is 24.6 Å². The molecule has 0 saturated carbocycles. The van der Waals surface area contributed by atoms with Crippen molar-refractivity contribution < 1.29 is 14.3 Å². The maximum atomic E-state index is 12.9. The zero-order valence-corrected chi connectivity index (χ0v) is 14.6. The third kappa shape index (κ3) is 4.69. The number of carbonyl (C=O) groups is 1. The van der Waals surface area contributed by atoms with Gasteiger partial charge in [-0.1, -0.05) is 0 Å². The summed E-state index contributed by atoms with van der Waals surface area (Å²) < 4.78 is 10.9. The van der Waals surface area contributed by atoms with E-state index < -0.39 is 0 Å². The van der Waals surface area contributed by atoms with Gasteiger partial charge in [-0.15, -0.1) is 0 Å². The first kappa shape index (κ1) is 17.8. The number of amides is 1. The van der Waals surface area contributed by atoms with Crippen LogP contribution in [0.2, 0.25) is 0 Å². The lowest BCUT2D eigenvalue weighted by molar-refractivity contribution is 0.0654. The molecule has 5 nitrogen and oxygen atoms in total. The molecule has 1 aliphatic rings. The smallest absolute Gasteiger partial charge is 0.254 e. The standard InChI is InChI=1S/C18H28N2O3/c1-14-16(9-10-19(2)3)13-23-12-11-20(14)18(21)15-5-7-17(22-4)8-6-15/h5-8,14,16H,9-13H2,1-4H3/t14-,16+/m0/s1. The molecule has 2 rings (SSSR count). The van der Waals surface area contributed by atoms with E-state index in [-0.39, 0.29) is 11.9 Å². The highest BCUT2D eigenvalue weighted by molar-refractivity contribution is 5.94. The highest BCUT2D eigenvalue weighted by Crippen LogP contribution is 2.22.